The maximum Gasteiger partial charge on any atom is 0.296 e. The summed E-state index contributed by atoms with van der Waals surface area (Å²) in [7, 11) is -2.95. The Labute approximate surface area is 169 Å². The third-order valence-corrected chi connectivity index (χ3v) is 6.50. The first-order valence-corrected chi connectivity index (χ1v) is 10.6. The van der Waals surface area contributed by atoms with Crippen LogP contribution in [0.25, 0.3) is 43.6 Å². The normalized spacial score (nSPS) is 12.4. The van der Waals surface area contributed by atoms with Gasteiger partial charge in [-0.3, -0.25) is 14.1 Å². The summed E-state index contributed by atoms with van der Waals surface area (Å²) in [6, 6.07) is 13.1. The molecule has 2 N–H and O–H groups in total. The first-order chi connectivity index (χ1) is 14.2. The minimum Gasteiger partial charge on any atom is -0.354 e. The predicted octanol–water partition coefficient (Wildman–Crippen LogP) is 3.24. The molecule has 0 bridgehead atoms. The third-order valence-electron chi connectivity index (χ3n) is 5.62. The molecule has 5 aromatic rings. The third kappa shape index (κ3) is 2.44. The van der Waals surface area contributed by atoms with Crippen molar-refractivity contribution in [3.05, 3.63) is 74.5 Å². The molecule has 150 valence electrons. The topological polar surface area (TPSA) is 109 Å². The van der Waals surface area contributed by atoms with Gasteiger partial charge in [-0.15, -0.1) is 0 Å². The van der Waals surface area contributed by atoms with Crippen LogP contribution in [0.4, 0.5) is 0 Å². The lowest BCUT2D eigenvalue weighted by Gasteiger charge is -2.15. The first kappa shape index (κ1) is 18.5. The Kier molecular flexibility index (Phi) is 3.71. The zero-order valence-electron chi connectivity index (χ0n) is 16.1. The average molecular weight is 420 g/mol. The highest BCUT2D eigenvalue weighted by atomic mass is 32.2. The van der Waals surface area contributed by atoms with E-state index in [-0.39, 0.29) is 26.7 Å². The van der Waals surface area contributed by atoms with Crippen LogP contribution in [-0.2, 0) is 17.2 Å². The van der Waals surface area contributed by atoms with Crippen LogP contribution in [0, 0.1) is 6.92 Å². The van der Waals surface area contributed by atoms with E-state index in [0.717, 1.165) is 0 Å². The molecule has 30 heavy (non-hydrogen) atoms. The SMILES string of the molecule is Cc1ccc(S(=O)(=O)O)c2c1c(=O)c1cc3[nH]c4ccccc4c(=O)c3cc1n2C. The van der Waals surface area contributed by atoms with Crippen LogP contribution in [0.15, 0.2) is 63.0 Å². The second kappa shape index (κ2) is 6.01. The molecule has 0 spiro atoms. The van der Waals surface area contributed by atoms with Crippen molar-refractivity contribution < 1.29 is 13.0 Å². The summed E-state index contributed by atoms with van der Waals surface area (Å²) in [6.45, 7) is 1.71. The molecule has 0 unspecified atom stereocenters. The van der Waals surface area contributed by atoms with Gasteiger partial charge in [-0.2, -0.15) is 8.42 Å². The number of hydrogen-bond acceptors (Lipinski definition) is 4. The van der Waals surface area contributed by atoms with E-state index in [0.29, 0.717) is 38.3 Å². The lowest BCUT2D eigenvalue weighted by atomic mass is 10.0. The molecule has 0 aliphatic carbocycles. The summed E-state index contributed by atoms with van der Waals surface area (Å²) in [4.78, 5) is 29.2. The van der Waals surface area contributed by atoms with Gasteiger partial charge < -0.3 is 9.55 Å². The van der Waals surface area contributed by atoms with E-state index in [1.54, 1.807) is 44.3 Å². The van der Waals surface area contributed by atoms with Gasteiger partial charge in [0.15, 0.2) is 10.9 Å². The number of nitrogens with zero attached hydrogens (tertiary/aromatic N) is 1. The number of hydrogen-bond donors (Lipinski definition) is 2. The van der Waals surface area contributed by atoms with Crippen molar-refractivity contribution >= 4 is 53.7 Å². The fourth-order valence-electron chi connectivity index (χ4n) is 4.17. The minimum absolute atomic E-state index is 0.103. The van der Waals surface area contributed by atoms with E-state index in [1.807, 2.05) is 6.07 Å². The summed E-state index contributed by atoms with van der Waals surface area (Å²) >= 11 is 0. The van der Waals surface area contributed by atoms with Gasteiger partial charge in [0, 0.05) is 28.7 Å². The zero-order chi connectivity index (χ0) is 21.4. The van der Waals surface area contributed by atoms with Crippen LogP contribution in [-0.4, -0.2) is 22.5 Å². The van der Waals surface area contributed by atoms with Crippen molar-refractivity contribution in [1.82, 2.24) is 9.55 Å². The van der Waals surface area contributed by atoms with E-state index < -0.39 is 10.1 Å². The molecule has 5 rings (SSSR count). The molecule has 3 aromatic carbocycles. The van der Waals surface area contributed by atoms with Crippen molar-refractivity contribution in [2.75, 3.05) is 0 Å². The van der Waals surface area contributed by atoms with Gasteiger partial charge in [0.1, 0.15) is 4.90 Å². The number of pyridine rings is 2. The Morgan fingerprint density at radius 2 is 1.63 bits per heavy atom. The van der Waals surface area contributed by atoms with Gasteiger partial charge in [-0.05, 0) is 42.8 Å². The van der Waals surface area contributed by atoms with E-state index in [4.69, 9.17) is 0 Å². The Morgan fingerprint density at radius 1 is 0.900 bits per heavy atom. The Bertz CT molecular complexity index is 1780. The van der Waals surface area contributed by atoms with Gasteiger partial charge in [0.2, 0.25) is 0 Å². The molecule has 0 aliphatic rings. The predicted molar refractivity (Wildman–Crippen MR) is 117 cm³/mol. The van der Waals surface area contributed by atoms with Crippen LogP contribution in [0.5, 0.6) is 0 Å². The largest absolute Gasteiger partial charge is 0.354 e. The number of para-hydroxylation sites is 1. The second-order valence-electron chi connectivity index (χ2n) is 7.38. The van der Waals surface area contributed by atoms with Crippen molar-refractivity contribution in [3.63, 3.8) is 0 Å². The Morgan fingerprint density at radius 3 is 2.37 bits per heavy atom. The molecule has 0 aliphatic heterocycles. The smallest absolute Gasteiger partial charge is 0.296 e. The van der Waals surface area contributed by atoms with Gasteiger partial charge in [0.05, 0.1) is 21.9 Å². The number of nitrogens with one attached hydrogen (secondary N) is 1. The quantitative estimate of drug-likeness (QED) is 0.320. The van der Waals surface area contributed by atoms with E-state index in [2.05, 4.69) is 4.98 Å². The number of aromatic amines is 1. The number of rotatable bonds is 1. The Balaban J connectivity index is 2.09. The number of benzene rings is 3. The average Bonchev–Trinajstić information content (AvgIpc) is 2.70. The van der Waals surface area contributed by atoms with Gasteiger partial charge in [-0.25, -0.2) is 0 Å². The van der Waals surface area contributed by atoms with Crippen LogP contribution in [0.2, 0.25) is 0 Å². The molecule has 2 heterocycles. The Hall–Kier alpha value is -3.49. The van der Waals surface area contributed by atoms with Crippen molar-refractivity contribution in [3.8, 4) is 0 Å². The van der Waals surface area contributed by atoms with Gasteiger partial charge in [0.25, 0.3) is 10.1 Å². The lowest BCUT2D eigenvalue weighted by Crippen LogP contribution is -2.15. The number of H-pyrrole nitrogens is 1. The number of aromatic nitrogens is 2. The minimum atomic E-state index is -4.56. The van der Waals surface area contributed by atoms with E-state index in [1.165, 1.54) is 16.7 Å². The molecule has 0 saturated heterocycles. The van der Waals surface area contributed by atoms with Gasteiger partial charge in [-0.1, -0.05) is 18.2 Å². The molecule has 0 fully saturated rings. The van der Waals surface area contributed by atoms with E-state index in [9.17, 15) is 22.6 Å². The van der Waals surface area contributed by atoms with E-state index >= 15 is 0 Å². The number of fused-ring (bicyclic) bond motifs is 4. The maximum atomic E-state index is 13.4. The summed E-state index contributed by atoms with van der Waals surface area (Å²) in [5.41, 5.74) is 1.72. The summed E-state index contributed by atoms with van der Waals surface area (Å²) in [6.07, 6.45) is 0. The maximum absolute atomic E-state index is 13.4. The van der Waals surface area contributed by atoms with Crippen LogP contribution in [0.1, 0.15) is 5.56 Å². The van der Waals surface area contributed by atoms with Crippen LogP contribution >= 0.6 is 0 Å². The monoisotopic (exact) mass is 420 g/mol. The highest BCUT2D eigenvalue weighted by Crippen LogP contribution is 2.28. The molecule has 0 amide bonds. The van der Waals surface area contributed by atoms with Crippen molar-refractivity contribution in [1.29, 1.82) is 0 Å². The molecule has 7 nitrogen and oxygen atoms in total. The fourth-order valence-corrected chi connectivity index (χ4v) is 4.90. The van der Waals surface area contributed by atoms with Gasteiger partial charge >= 0.3 is 0 Å². The zero-order valence-corrected chi connectivity index (χ0v) is 16.9. The second-order valence-corrected chi connectivity index (χ2v) is 8.77. The molecular formula is C22H16N2O5S. The highest BCUT2D eigenvalue weighted by Gasteiger charge is 2.21. The molecule has 8 heteroatoms. The first-order valence-electron chi connectivity index (χ1n) is 9.17. The molecular weight excluding hydrogens is 404 g/mol. The standard InChI is InChI=1S/C22H16N2O5S/c1-11-7-8-18(30(27,28)29)20-19(11)22(26)14-9-16-13(10-17(14)24(20)2)21(25)12-5-3-4-6-15(12)23-16/h3-10H,1-2H3,(H,23,25)(H,27,28,29). The molecule has 0 saturated carbocycles. The molecule has 2 aromatic heterocycles. The van der Waals surface area contributed by atoms with Crippen molar-refractivity contribution in [2.45, 2.75) is 11.8 Å². The molecule has 0 radical (unpaired) electrons. The summed E-state index contributed by atoms with van der Waals surface area (Å²) in [5, 5.41) is 1.46. The van der Waals surface area contributed by atoms with Crippen LogP contribution < -0.4 is 10.9 Å². The van der Waals surface area contributed by atoms with Crippen LogP contribution in [0.3, 0.4) is 0 Å². The number of aryl methyl sites for hydroxylation is 2. The highest BCUT2D eigenvalue weighted by molar-refractivity contribution is 7.86. The van der Waals surface area contributed by atoms with Crippen molar-refractivity contribution in [2.24, 2.45) is 7.05 Å². The summed E-state index contributed by atoms with van der Waals surface area (Å²) < 4.78 is 35.2. The molecule has 0 atom stereocenters. The summed E-state index contributed by atoms with van der Waals surface area (Å²) in [5.74, 6) is 0. The fraction of sp³-hybridized carbons (Fsp3) is 0.0909. The lowest BCUT2D eigenvalue weighted by molar-refractivity contribution is 0.484.